The van der Waals surface area contributed by atoms with Gasteiger partial charge in [0.05, 0.1) is 10.9 Å². The highest BCUT2D eigenvalue weighted by molar-refractivity contribution is 5.84. The smallest absolute Gasteiger partial charge is 0.201 e. The normalized spacial score (nSPS) is 15.1. The van der Waals surface area contributed by atoms with Crippen LogP contribution in [0.2, 0.25) is 0 Å². The Morgan fingerprint density at radius 3 is 2.79 bits per heavy atom. The summed E-state index contributed by atoms with van der Waals surface area (Å²) in [4.78, 5) is 31.4. The van der Waals surface area contributed by atoms with E-state index in [9.17, 15) is 14.0 Å². The third-order valence-electron chi connectivity index (χ3n) is 3.36. The van der Waals surface area contributed by atoms with E-state index in [-0.39, 0.29) is 16.8 Å². The number of aldehydes is 1. The Hall–Kier alpha value is -2.24. The van der Waals surface area contributed by atoms with Crippen LogP contribution in [0.3, 0.4) is 0 Å². The largest absolute Gasteiger partial charge is 0.354 e. The summed E-state index contributed by atoms with van der Waals surface area (Å²) in [5, 5.41) is 0.102. The van der Waals surface area contributed by atoms with Gasteiger partial charge in [-0.15, -0.1) is 0 Å². The summed E-state index contributed by atoms with van der Waals surface area (Å²) in [6.45, 7) is 1.54. The number of pyridine rings is 2. The van der Waals surface area contributed by atoms with Crippen molar-refractivity contribution >= 4 is 23.1 Å². The van der Waals surface area contributed by atoms with Crippen molar-refractivity contribution in [1.82, 2.24) is 9.97 Å². The lowest BCUT2D eigenvalue weighted by atomic mass is 10.2. The van der Waals surface area contributed by atoms with E-state index in [4.69, 9.17) is 0 Å². The molecule has 0 saturated carbocycles. The van der Waals surface area contributed by atoms with E-state index in [2.05, 4.69) is 9.97 Å². The van der Waals surface area contributed by atoms with Gasteiger partial charge in [-0.2, -0.15) is 0 Å². The molecule has 0 aliphatic carbocycles. The number of halogens is 1. The van der Waals surface area contributed by atoms with Crippen molar-refractivity contribution in [2.24, 2.45) is 0 Å². The number of carbonyl (C=O) groups is 1. The molecular formula is C13H12FN3O2. The van der Waals surface area contributed by atoms with Crippen molar-refractivity contribution < 1.29 is 9.18 Å². The lowest BCUT2D eigenvalue weighted by Gasteiger charge is -2.17. The summed E-state index contributed by atoms with van der Waals surface area (Å²) >= 11 is 0. The van der Waals surface area contributed by atoms with Crippen LogP contribution in [-0.4, -0.2) is 29.3 Å². The summed E-state index contributed by atoms with van der Waals surface area (Å²) in [5.41, 5.74) is -0.218. The average molecular weight is 261 g/mol. The lowest BCUT2D eigenvalue weighted by molar-refractivity contribution is 0.112. The zero-order chi connectivity index (χ0) is 13.4. The van der Waals surface area contributed by atoms with Crippen molar-refractivity contribution in [3.05, 3.63) is 33.9 Å². The Morgan fingerprint density at radius 1 is 1.37 bits per heavy atom. The maximum Gasteiger partial charge on any atom is 0.201 e. The van der Waals surface area contributed by atoms with Crippen LogP contribution in [0, 0.1) is 5.82 Å². The van der Waals surface area contributed by atoms with Crippen LogP contribution in [0.1, 0.15) is 23.2 Å². The second-order valence-electron chi connectivity index (χ2n) is 4.58. The average Bonchev–Trinajstić information content (AvgIpc) is 2.93. The summed E-state index contributed by atoms with van der Waals surface area (Å²) in [5.74, 6) is -0.262. The van der Waals surface area contributed by atoms with Crippen LogP contribution in [-0.2, 0) is 0 Å². The van der Waals surface area contributed by atoms with Crippen LogP contribution in [0.25, 0.3) is 11.0 Å². The molecule has 0 amide bonds. The molecule has 19 heavy (non-hydrogen) atoms. The highest BCUT2D eigenvalue weighted by atomic mass is 19.1. The molecule has 0 unspecified atom stereocenters. The third kappa shape index (κ3) is 1.89. The van der Waals surface area contributed by atoms with Crippen LogP contribution in [0.4, 0.5) is 10.2 Å². The second kappa shape index (κ2) is 4.46. The van der Waals surface area contributed by atoms with Gasteiger partial charge in [-0.25, -0.2) is 9.37 Å². The minimum absolute atomic E-state index is 0.0253. The third-order valence-corrected chi connectivity index (χ3v) is 3.36. The molecule has 0 spiro atoms. The van der Waals surface area contributed by atoms with Crippen molar-refractivity contribution in [1.29, 1.82) is 0 Å². The predicted octanol–water partition coefficient (Wildman–Crippen LogP) is 1.47. The molecule has 5 nitrogen and oxygen atoms in total. The molecule has 2 aromatic rings. The highest BCUT2D eigenvalue weighted by Gasteiger charge is 2.19. The maximum atomic E-state index is 14.0. The van der Waals surface area contributed by atoms with Gasteiger partial charge in [-0.05, 0) is 18.9 Å². The lowest BCUT2D eigenvalue weighted by Crippen LogP contribution is -2.21. The Bertz CT molecular complexity index is 705. The zero-order valence-corrected chi connectivity index (χ0v) is 10.1. The molecule has 1 fully saturated rings. The minimum Gasteiger partial charge on any atom is -0.354 e. The number of fused-ring (bicyclic) bond motifs is 1. The molecule has 98 valence electrons. The van der Waals surface area contributed by atoms with E-state index < -0.39 is 11.2 Å². The Balaban J connectivity index is 2.21. The number of nitrogens with one attached hydrogen (secondary N) is 1. The molecule has 3 rings (SSSR count). The van der Waals surface area contributed by atoms with Gasteiger partial charge in [0, 0.05) is 19.3 Å². The van der Waals surface area contributed by atoms with Crippen molar-refractivity contribution in [3.8, 4) is 0 Å². The second-order valence-corrected chi connectivity index (χ2v) is 4.58. The van der Waals surface area contributed by atoms with Gasteiger partial charge in [-0.1, -0.05) is 0 Å². The van der Waals surface area contributed by atoms with Crippen molar-refractivity contribution in [2.45, 2.75) is 12.8 Å². The van der Waals surface area contributed by atoms with Crippen LogP contribution in [0.15, 0.2) is 17.1 Å². The molecule has 2 aromatic heterocycles. The Labute approximate surface area is 108 Å². The standard InChI is InChI=1S/C13H12FN3O2/c14-10-5-9-11(19)8(7-18)6-15-12(9)16-13(10)17-3-1-2-4-17/h5-7H,1-4H2,(H,15,16,19). The topological polar surface area (TPSA) is 66.1 Å². The van der Waals surface area contributed by atoms with Gasteiger partial charge in [-0.3, -0.25) is 9.59 Å². The van der Waals surface area contributed by atoms with E-state index in [0.29, 0.717) is 11.9 Å². The van der Waals surface area contributed by atoms with Gasteiger partial charge in [0.25, 0.3) is 0 Å². The van der Waals surface area contributed by atoms with E-state index in [1.54, 1.807) is 0 Å². The first-order chi connectivity index (χ1) is 9.20. The summed E-state index contributed by atoms with van der Waals surface area (Å²) in [7, 11) is 0. The maximum absolute atomic E-state index is 14.0. The number of aromatic amines is 1. The van der Waals surface area contributed by atoms with Gasteiger partial charge < -0.3 is 9.88 Å². The first kappa shape index (κ1) is 11.8. The molecule has 6 heteroatoms. The van der Waals surface area contributed by atoms with E-state index >= 15 is 0 Å². The molecule has 0 atom stereocenters. The van der Waals surface area contributed by atoms with E-state index in [1.165, 1.54) is 6.20 Å². The Kier molecular flexibility index (Phi) is 2.77. The molecule has 1 N–H and O–H groups in total. The summed E-state index contributed by atoms with van der Waals surface area (Å²) in [6.07, 6.45) is 3.78. The molecular weight excluding hydrogens is 249 g/mol. The SMILES string of the molecule is O=Cc1c[nH]c2nc(N3CCCC3)c(F)cc2c1=O. The van der Waals surface area contributed by atoms with Crippen molar-refractivity contribution in [3.63, 3.8) is 0 Å². The fraction of sp³-hybridized carbons (Fsp3) is 0.308. The first-order valence-electron chi connectivity index (χ1n) is 6.13. The molecule has 0 radical (unpaired) electrons. The number of rotatable bonds is 2. The van der Waals surface area contributed by atoms with Gasteiger partial charge in [0.15, 0.2) is 17.9 Å². The summed E-state index contributed by atoms with van der Waals surface area (Å²) < 4.78 is 14.0. The summed E-state index contributed by atoms with van der Waals surface area (Å²) in [6, 6.07) is 1.15. The highest BCUT2D eigenvalue weighted by Crippen LogP contribution is 2.23. The van der Waals surface area contributed by atoms with Gasteiger partial charge >= 0.3 is 0 Å². The van der Waals surface area contributed by atoms with Gasteiger partial charge in [0.2, 0.25) is 5.43 Å². The number of carbonyl (C=O) groups excluding carboxylic acids is 1. The van der Waals surface area contributed by atoms with E-state index in [1.807, 2.05) is 4.90 Å². The molecule has 0 aromatic carbocycles. The molecule has 1 aliphatic rings. The quantitative estimate of drug-likeness (QED) is 0.831. The number of hydrogen-bond donors (Lipinski definition) is 1. The number of anilines is 1. The van der Waals surface area contributed by atoms with E-state index in [0.717, 1.165) is 32.0 Å². The molecule has 0 bridgehead atoms. The number of aromatic nitrogens is 2. The van der Waals surface area contributed by atoms with Gasteiger partial charge in [0.1, 0.15) is 5.65 Å². The van der Waals surface area contributed by atoms with Crippen LogP contribution >= 0.6 is 0 Å². The first-order valence-corrected chi connectivity index (χ1v) is 6.13. The zero-order valence-electron chi connectivity index (χ0n) is 10.1. The molecule has 3 heterocycles. The fourth-order valence-corrected chi connectivity index (χ4v) is 2.37. The molecule has 1 saturated heterocycles. The monoisotopic (exact) mass is 261 g/mol. The van der Waals surface area contributed by atoms with Crippen LogP contribution < -0.4 is 10.3 Å². The fourth-order valence-electron chi connectivity index (χ4n) is 2.37. The number of nitrogens with zero attached hydrogens (tertiary/aromatic N) is 2. The van der Waals surface area contributed by atoms with Crippen molar-refractivity contribution in [2.75, 3.05) is 18.0 Å². The Morgan fingerprint density at radius 2 is 2.11 bits per heavy atom. The number of hydrogen-bond acceptors (Lipinski definition) is 4. The molecule has 1 aliphatic heterocycles. The number of H-pyrrole nitrogens is 1. The van der Waals surface area contributed by atoms with Crippen LogP contribution in [0.5, 0.6) is 0 Å². The predicted molar refractivity (Wildman–Crippen MR) is 69.2 cm³/mol. The minimum atomic E-state index is -0.525.